The molecule has 0 heterocycles. The average Bonchev–Trinajstić information content (AvgIpc) is 1.41. The summed E-state index contributed by atoms with van der Waals surface area (Å²) >= 11 is 0. The van der Waals surface area contributed by atoms with Gasteiger partial charge in [-0.3, -0.25) is 0 Å². The van der Waals surface area contributed by atoms with Crippen LogP contribution in [-0.2, 0) is 4.57 Å². The third-order valence-corrected chi connectivity index (χ3v) is 0. The van der Waals surface area contributed by atoms with Crippen molar-refractivity contribution in [3.63, 3.8) is 0 Å². The summed E-state index contributed by atoms with van der Waals surface area (Å²) < 4.78 is 86.9. The third-order valence-electron chi connectivity index (χ3n) is 0. The van der Waals surface area contributed by atoms with Gasteiger partial charge in [-0.2, -0.15) is 0 Å². The quantitative estimate of drug-likeness (QED) is 0.351. The molecule has 0 saturated heterocycles. The van der Waals surface area contributed by atoms with Gasteiger partial charge in [0.05, 0.1) is 0 Å². The van der Waals surface area contributed by atoms with E-state index in [1.807, 2.05) is 0 Å². The van der Waals surface area contributed by atoms with Crippen LogP contribution in [0.5, 0.6) is 0 Å². The van der Waals surface area contributed by atoms with Gasteiger partial charge in [0, 0.05) is 0 Å². The molecule has 0 atom stereocenters. The molecule has 0 unspecified atom stereocenters. The van der Waals surface area contributed by atoms with E-state index in [1.54, 1.807) is 0 Å². The zero-order valence-corrected chi connectivity index (χ0v) is 7.27. The molecule has 0 bridgehead atoms. The van der Waals surface area contributed by atoms with Crippen LogP contribution in [-0.4, -0.2) is 48.0 Å². The summed E-state index contributed by atoms with van der Waals surface area (Å²) in [5.74, 6) is 0. The Morgan fingerprint density at radius 3 is 0.688 bits per heavy atom. The summed E-state index contributed by atoms with van der Waals surface area (Å²) in [5.41, 5.74) is 0. The van der Waals surface area contributed by atoms with Crippen LogP contribution in [0.2, 0.25) is 0 Å². The molecular formula is H4B2F8LiO4P-2. The molecule has 0 radical (unpaired) electrons. The van der Waals surface area contributed by atoms with Gasteiger partial charge in [-0.1, -0.05) is 0 Å². The molecule has 0 aliphatic carbocycles. The first-order chi connectivity index (χ1) is 6.00. The second-order valence-corrected chi connectivity index (χ2v) is 2.53. The Morgan fingerprint density at radius 1 is 0.688 bits per heavy atom. The van der Waals surface area contributed by atoms with Crippen molar-refractivity contribution in [2.75, 3.05) is 0 Å². The standard InChI is InChI=1S/2BF4.Li.H3O4P.H/c2*2-1(3,4)5;;1-5(2,3)4;/h;;;(H3,1,2,3,4);/q2*-1;;;. The molecule has 16 heavy (non-hydrogen) atoms. The van der Waals surface area contributed by atoms with Crippen molar-refractivity contribution in [1.82, 2.24) is 0 Å². The molecule has 0 rings (SSSR count). The Hall–Kier alpha value is 0.277. The molecule has 0 aromatic carbocycles. The summed E-state index contributed by atoms with van der Waals surface area (Å²) in [6.45, 7) is 0. The van der Waals surface area contributed by atoms with Crippen LogP contribution in [0.3, 0.4) is 0 Å². The minimum absolute atomic E-state index is 0. The van der Waals surface area contributed by atoms with Crippen LogP contribution in [0.4, 0.5) is 34.5 Å². The Morgan fingerprint density at radius 2 is 0.688 bits per heavy atom. The van der Waals surface area contributed by atoms with E-state index >= 15 is 0 Å². The predicted molar refractivity (Wildman–Crippen MR) is 41.8 cm³/mol. The first kappa shape index (κ1) is 25.2. The first-order valence-corrected chi connectivity index (χ1v) is 4.09. The van der Waals surface area contributed by atoms with E-state index in [1.165, 1.54) is 0 Å². The van der Waals surface area contributed by atoms with E-state index in [0.717, 1.165) is 0 Å². The van der Waals surface area contributed by atoms with Gasteiger partial charge in [-0.05, 0) is 0 Å². The summed E-state index contributed by atoms with van der Waals surface area (Å²) in [4.78, 5) is 21.6. The van der Waals surface area contributed by atoms with Gasteiger partial charge in [-0.15, -0.1) is 0 Å². The van der Waals surface area contributed by atoms with Crippen LogP contribution in [0, 0.1) is 0 Å². The van der Waals surface area contributed by atoms with E-state index in [0.29, 0.717) is 0 Å². The van der Waals surface area contributed by atoms with Crippen molar-refractivity contribution in [3.8, 4) is 0 Å². The van der Waals surface area contributed by atoms with Crippen LogP contribution in [0.1, 0.15) is 0 Å². The second-order valence-electron chi connectivity index (χ2n) is 1.50. The van der Waals surface area contributed by atoms with Gasteiger partial charge in [0.1, 0.15) is 0 Å². The monoisotopic (exact) mass is 280 g/mol. The number of phosphoric acid groups is 1. The fourth-order valence-corrected chi connectivity index (χ4v) is 0. The van der Waals surface area contributed by atoms with Gasteiger partial charge < -0.3 is 49.2 Å². The summed E-state index contributed by atoms with van der Waals surface area (Å²) in [7, 11) is -16.6. The van der Waals surface area contributed by atoms with Gasteiger partial charge in [0.25, 0.3) is 0 Å². The molecule has 0 aromatic rings. The fraction of sp³-hybridized carbons (Fsp3) is 0. The zero-order valence-electron chi connectivity index (χ0n) is 6.38. The maximum atomic E-state index is 9.75. The first-order valence-electron chi connectivity index (χ1n) is 2.53. The molecule has 16 heteroatoms. The Kier molecular flexibility index (Phi) is 14.7. The van der Waals surface area contributed by atoms with E-state index in [2.05, 4.69) is 0 Å². The van der Waals surface area contributed by atoms with Crippen molar-refractivity contribution in [2.45, 2.75) is 0 Å². The van der Waals surface area contributed by atoms with Gasteiger partial charge in [-0.25, -0.2) is 4.57 Å². The maximum absolute atomic E-state index is 9.75. The molecule has 0 aliphatic rings. The Labute approximate surface area is 95.7 Å². The number of hydrogen-bond acceptors (Lipinski definition) is 1. The second kappa shape index (κ2) is 9.32. The van der Waals surface area contributed by atoms with Crippen molar-refractivity contribution < 1.29 is 53.8 Å². The molecule has 3 N–H and O–H groups in total. The molecule has 0 spiro atoms. The number of hydrogen-bond donors (Lipinski definition) is 3. The minimum atomic E-state index is -6.00. The molecule has 98 valence electrons. The van der Waals surface area contributed by atoms with E-state index < -0.39 is 22.3 Å². The third kappa shape index (κ3) is 32700. The molecule has 0 fully saturated rings. The Bertz CT molecular complexity index is 163. The van der Waals surface area contributed by atoms with Crippen LogP contribution in [0.15, 0.2) is 0 Å². The van der Waals surface area contributed by atoms with E-state index in [9.17, 15) is 34.5 Å². The SMILES string of the molecule is F[B-](F)(F)F.F[B-](F)(F)F.O=P(O)(O)O.[LiH]. The molecular weight excluding hydrogens is 276 g/mol. The topological polar surface area (TPSA) is 77.8 Å². The van der Waals surface area contributed by atoms with Crippen molar-refractivity contribution in [1.29, 1.82) is 0 Å². The van der Waals surface area contributed by atoms with Gasteiger partial charge >= 0.3 is 41.2 Å². The van der Waals surface area contributed by atoms with Crippen LogP contribution < -0.4 is 0 Å². The number of halogens is 8. The molecule has 0 amide bonds. The molecule has 0 saturated carbocycles. The van der Waals surface area contributed by atoms with Crippen LogP contribution in [0.25, 0.3) is 0 Å². The number of rotatable bonds is 0. The van der Waals surface area contributed by atoms with E-state index in [-0.39, 0.29) is 18.9 Å². The molecule has 0 aliphatic heterocycles. The summed E-state index contributed by atoms with van der Waals surface area (Å²) in [5, 5.41) is 0. The predicted octanol–water partition coefficient (Wildman–Crippen LogP) is 1.02. The van der Waals surface area contributed by atoms with Crippen molar-refractivity contribution in [3.05, 3.63) is 0 Å². The van der Waals surface area contributed by atoms with Crippen molar-refractivity contribution in [2.24, 2.45) is 0 Å². The summed E-state index contributed by atoms with van der Waals surface area (Å²) in [6, 6.07) is 0. The Balaban J connectivity index is -0.0000000655. The average molecular weight is 280 g/mol. The summed E-state index contributed by atoms with van der Waals surface area (Å²) in [6.07, 6.45) is 0. The van der Waals surface area contributed by atoms with Crippen LogP contribution >= 0.6 is 7.82 Å². The molecule has 0 aromatic heterocycles. The normalized spacial score (nSPS) is 11.2. The zero-order chi connectivity index (χ0) is 13.5. The molecule has 4 nitrogen and oxygen atoms in total. The van der Waals surface area contributed by atoms with E-state index in [4.69, 9.17) is 19.2 Å². The fourth-order valence-electron chi connectivity index (χ4n) is 0. The van der Waals surface area contributed by atoms with Gasteiger partial charge in [0.15, 0.2) is 0 Å². The van der Waals surface area contributed by atoms with Crippen molar-refractivity contribution >= 4 is 41.2 Å². The van der Waals surface area contributed by atoms with Gasteiger partial charge in [0.2, 0.25) is 0 Å².